The van der Waals surface area contributed by atoms with Crippen molar-refractivity contribution >= 4 is 50.8 Å². The standard InChI is InChI=1S/C22H15ClN2OS/c23-17-12-10-15(11-13-17)14-19(24-21(26)16-6-2-1-3-7-16)22-25-18-8-4-5-9-20(18)27-22/h1-14H,(H,24,26). The average molecular weight is 391 g/mol. The minimum atomic E-state index is -0.171. The van der Waals surface area contributed by atoms with Crippen molar-refractivity contribution in [2.75, 3.05) is 0 Å². The molecule has 0 radical (unpaired) electrons. The number of benzene rings is 3. The van der Waals surface area contributed by atoms with E-state index in [4.69, 9.17) is 11.6 Å². The SMILES string of the molecule is O=C(NC(=Cc1ccc(Cl)cc1)c1nc2ccccc2s1)c1ccccc1. The first-order chi connectivity index (χ1) is 13.2. The number of halogens is 1. The van der Waals surface area contributed by atoms with Gasteiger partial charge in [0.1, 0.15) is 5.01 Å². The van der Waals surface area contributed by atoms with Gasteiger partial charge in [0, 0.05) is 10.6 Å². The molecule has 3 nitrogen and oxygen atoms in total. The van der Waals surface area contributed by atoms with Crippen LogP contribution < -0.4 is 5.32 Å². The zero-order valence-corrected chi connectivity index (χ0v) is 15.8. The first-order valence-corrected chi connectivity index (χ1v) is 9.58. The summed E-state index contributed by atoms with van der Waals surface area (Å²) >= 11 is 7.53. The van der Waals surface area contributed by atoms with Crippen molar-refractivity contribution in [2.45, 2.75) is 0 Å². The lowest BCUT2D eigenvalue weighted by Crippen LogP contribution is -2.21. The summed E-state index contributed by atoms with van der Waals surface area (Å²) in [6.07, 6.45) is 1.91. The summed E-state index contributed by atoms with van der Waals surface area (Å²) in [5.74, 6) is -0.171. The Labute approximate surface area is 166 Å². The number of aromatic nitrogens is 1. The van der Waals surface area contributed by atoms with Crippen LogP contribution in [0.1, 0.15) is 20.9 Å². The van der Waals surface area contributed by atoms with E-state index in [0.717, 1.165) is 20.8 Å². The van der Waals surface area contributed by atoms with Crippen LogP contribution in [0.15, 0.2) is 78.9 Å². The van der Waals surface area contributed by atoms with Gasteiger partial charge in [0.2, 0.25) is 0 Å². The molecule has 0 unspecified atom stereocenters. The molecule has 0 aliphatic rings. The molecule has 0 fully saturated rings. The normalized spacial score (nSPS) is 11.5. The van der Waals surface area contributed by atoms with Crippen molar-refractivity contribution in [1.82, 2.24) is 10.3 Å². The molecule has 1 N–H and O–H groups in total. The number of hydrogen-bond donors (Lipinski definition) is 1. The summed E-state index contributed by atoms with van der Waals surface area (Å²) in [4.78, 5) is 17.4. The number of thiazole rings is 1. The molecular formula is C22H15ClN2OS. The third kappa shape index (κ3) is 4.08. The lowest BCUT2D eigenvalue weighted by molar-refractivity contribution is 0.0974. The molecule has 0 atom stereocenters. The summed E-state index contributed by atoms with van der Waals surface area (Å²) in [5.41, 5.74) is 3.10. The van der Waals surface area contributed by atoms with E-state index in [9.17, 15) is 4.79 Å². The third-order valence-corrected chi connectivity index (χ3v) is 5.31. The van der Waals surface area contributed by atoms with E-state index in [-0.39, 0.29) is 5.91 Å². The van der Waals surface area contributed by atoms with E-state index >= 15 is 0 Å². The number of nitrogens with one attached hydrogen (secondary N) is 1. The van der Waals surface area contributed by atoms with Gasteiger partial charge in [0.05, 0.1) is 15.9 Å². The topological polar surface area (TPSA) is 42.0 Å². The fourth-order valence-corrected chi connectivity index (χ4v) is 3.71. The highest BCUT2D eigenvalue weighted by atomic mass is 35.5. The molecule has 1 aromatic heterocycles. The number of fused-ring (bicyclic) bond motifs is 1. The quantitative estimate of drug-likeness (QED) is 0.473. The molecule has 0 aliphatic carbocycles. The van der Waals surface area contributed by atoms with Crippen molar-refractivity contribution < 1.29 is 4.79 Å². The van der Waals surface area contributed by atoms with Gasteiger partial charge in [-0.1, -0.05) is 54.1 Å². The molecule has 0 bridgehead atoms. The molecule has 5 heteroatoms. The lowest BCUT2D eigenvalue weighted by atomic mass is 10.1. The Morgan fingerprint density at radius 2 is 1.63 bits per heavy atom. The van der Waals surface area contributed by atoms with E-state index in [2.05, 4.69) is 10.3 Å². The fourth-order valence-electron chi connectivity index (χ4n) is 2.65. The van der Waals surface area contributed by atoms with E-state index in [1.807, 2.05) is 72.8 Å². The highest BCUT2D eigenvalue weighted by molar-refractivity contribution is 7.19. The molecule has 0 saturated carbocycles. The average Bonchev–Trinajstić information content (AvgIpc) is 3.14. The van der Waals surface area contributed by atoms with Gasteiger partial charge < -0.3 is 5.32 Å². The third-order valence-electron chi connectivity index (χ3n) is 3.99. The van der Waals surface area contributed by atoms with Crippen molar-refractivity contribution in [2.24, 2.45) is 0 Å². The van der Waals surface area contributed by atoms with Gasteiger partial charge in [-0.15, -0.1) is 11.3 Å². The Bertz CT molecular complexity index is 1080. The Balaban J connectivity index is 1.74. The van der Waals surface area contributed by atoms with Crippen molar-refractivity contribution in [3.05, 3.63) is 100 Å². The predicted octanol–water partition coefficient (Wildman–Crippen LogP) is 5.88. The summed E-state index contributed by atoms with van der Waals surface area (Å²) in [5, 5.41) is 4.44. The van der Waals surface area contributed by atoms with Crippen LogP contribution in [0.25, 0.3) is 22.0 Å². The van der Waals surface area contributed by atoms with Crippen LogP contribution in [0.3, 0.4) is 0 Å². The Hall–Kier alpha value is -2.95. The molecule has 4 rings (SSSR count). The first-order valence-electron chi connectivity index (χ1n) is 8.39. The maximum Gasteiger partial charge on any atom is 0.255 e. The van der Waals surface area contributed by atoms with Crippen LogP contribution >= 0.6 is 22.9 Å². The first kappa shape index (κ1) is 17.5. The minimum Gasteiger partial charge on any atom is -0.319 e. The van der Waals surface area contributed by atoms with Crippen LogP contribution in [0.4, 0.5) is 0 Å². The molecule has 0 saturated heterocycles. The number of nitrogens with zero attached hydrogens (tertiary/aromatic N) is 1. The zero-order valence-electron chi connectivity index (χ0n) is 14.2. The largest absolute Gasteiger partial charge is 0.319 e. The second-order valence-electron chi connectivity index (χ2n) is 5.92. The highest BCUT2D eigenvalue weighted by Crippen LogP contribution is 2.27. The minimum absolute atomic E-state index is 0.171. The van der Waals surface area contributed by atoms with Gasteiger partial charge in [0.15, 0.2) is 0 Å². The van der Waals surface area contributed by atoms with E-state index in [1.54, 1.807) is 23.5 Å². The van der Waals surface area contributed by atoms with Crippen LogP contribution in [0, 0.1) is 0 Å². The monoisotopic (exact) mass is 390 g/mol. The van der Waals surface area contributed by atoms with E-state index < -0.39 is 0 Å². The van der Waals surface area contributed by atoms with Gasteiger partial charge in [0.25, 0.3) is 5.91 Å². The number of amides is 1. The maximum atomic E-state index is 12.7. The maximum absolute atomic E-state index is 12.7. The predicted molar refractivity (Wildman–Crippen MR) is 113 cm³/mol. The van der Waals surface area contributed by atoms with Crippen molar-refractivity contribution in [3.8, 4) is 0 Å². The zero-order chi connectivity index (χ0) is 18.6. The summed E-state index contributed by atoms with van der Waals surface area (Å²) in [6, 6.07) is 24.5. The number of para-hydroxylation sites is 1. The number of hydrogen-bond acceptors (Lipinski definition) is 3. The molecule has 0 spiro atoms. The molecule has 3 aromatic carbocycles. The molecule has 4 aromatic rings. The van der Waals surface area contributed by atoms with Crippen LogP contribution in [0.2, 0.25) is 5.02 Å². The van der Waals surface area contributed by atoms with Gasteiger partial charge in [-0.25, -0.2) is 4.98 Å². The Morgan fingerprint density at radius 3 is 2.37 bits per heavy atom. The summed E-state index contributed by atoms with van der Waals surface area (Å²) in [7, 11) is 0. The molecule has 0 aliphatic heterocycles. The molecule has 1 amide bonds. The summed E-state index contributed by atoms with van der Waals surface area (Å²) < 4.78 is 1.07. The second kappa shape index (κ2) is 7.74. The number of carbonyl (C=O) groups is 1. The fraction of sp³-hybridized carbons (Fsp3) is 0. The highest BCUT2D eigenvalue weighted by Gasteiger charge is 2.13. The van der Waals surface area contributed by atoms with Crippen molar-refractivity contribution in [3.63, 3.8) is 0 Å². The Morgan fingerprint density at radius 1 is 0.926 bits per heavy atom. The molecule has 1 heterocycles. The van der Waals surface area contributed by atoms with Gasteiger partial charge >= 0.3 is 0 Å². The number of rotatable bonds is 4. The molecule has 132 valence electrons. The summed E-state index contributed by atoms with van der Waals surface area (Å²) in [6.45, 7) is 0. The van der Waals surface area contributed by atoms with Crippen molar-refractivity contribution in [1.29, 1.82) is 0 Å². The molecular weight excluding hydrogens is 376 g/mol. The lowest BCUT2D eigenvalue weighted by Gasteiger charge is -2.08. The smallest absolute Gasteiger partial charge is 0.255 e. The van der Waals surface area contributed by atoms with Crippen LogP contribution in [-0.2, 0) is 0 Å². The van der Waals surface area contributed by atoms with Crippen LogP contribution in [0.5, 0.6) is 0 Å². The van der Waals surface area contributed by atoms with Gasteiger partial charge in [-0.2, -0.15) is 0 Å². The van der Waals surface area contributed by atoms with Gasteiger partial charge in [-0.3, -0.25) is 4.79 Å². The van der Waals surface area contributed by atoms with E-state index in [0.29, 0.717) is 16.3 Å². The van der Waals surface area contributed by atoms with Gasteiger partial charge in [-0.05, 0) is 48.0 Å². The van der Waals surface area contributed by atoms with Crippen LogP contribution in [-0.4, -0.2) is 10.9 Å². The Kier molecular flexibility index (Phi) is 5.01. The molecule has 27 heavy (non-hydrogen) atoms. The van der Waals surface area contributed by atoms with E-state index in [1.165, 1.54) is 0 Å². The number of carbonyl (C=O) groups excluding carboxylic acids is 1. The second-order valence-corrected chi connectivity index (χ2v) is 7.38.